The highest BCUT2D eigenvalue weighted by molar-refractivity contribution is 14.1. The van der Waals surface area contributed by atoms with Crippen LogP contribution in [0.3, 0.4) is 0 Å². The van der Waals surface area contributed by atoms with Crippen LogP contribution in [0.2, 0.25) is 5.02 Å². The molecule has 0 spiro atoms. The van der Waals surface area contributed by atoms with Gasteiger partial charge in [0.25, 0.3) is 11.6 Å². The van der Waals surface area contributed by atoms with E-state index in [1.807, 2.05) is 56.3 Å². The molecule has 0 aliphatic rings. The Morgan fingerprint density at radius 1 is 0.926 bits per heavy atom. The van der Waals surface area contributed by atoms with Crippen LogP contribution in [0.25, 0.3) is 10.9 Å². The Kier molecular flexibility index (Phi) is 21.4. The summed E-state index contributed by atoms with van der Waals surface area (Å²) in [6, 6.07) is 27.7. The number of methoxy groups -OCH3 is 1. The Balaban J connectivity index is 0.000000229. The van der Waals surface area contributed by atoms with Crippen LogP contribution >= 0.6 is 34.2 Å². The number of nitrogens with zero attached hydrogens (tertiary/aromatic N) is 8. The number of benzene rings is 4. The summed E-state index contributed by atoms with van der Waals surface area (Å²) in [7, 11) is 2.51. The molecule has 0 saturated carbocycles. The molecule has 0 radical (unpaired) electrons. The minimum absolute atomic E-state index is 0.0172. The van der Waals surface area contributed by atoms with Gasteiger partial charge in [0.05, 0.1) is 48.5 Å². The number of ether oxygens (including phenoxy) is 2. The van der Waals surface area contributed by atoms with Crippen molar-refractivity contribution in [3.63, 3.8) is 0 Å². The lowest BCUT2D eigenvalue weighted by atomic mass is 9.77. The summed E-state index contributed by atoms with van der Waals surface area (Å²) in [5.74, 6) is -0.692. The maximum absolute atomic E-state index is 12.9. The van der Waals surface area contributed by atoms with Crippen molar-refractivity contribution in [3.8, 4) is 12.1 Å². The molecule has 2 heterocycles. The number of oxime groups is 2. The number of alkyl halides is 3. The number of carbonyl (C=O) groups is 1. The fourth-order valence-electron chi connectivity index (χ4n) is 6.64. The zero-order valence-corrected chi connectivity index (χ0v) is 41.5. The summed E-state index contributed by atoms with van der Waals surface area (Å²) < 4.78 is 53.3. The number of halogens is 5. The fourth-order valence-corrected chi connectivity index (χ4v) is 7.26. The van der Waals surface area contributed by atoms with E-state index < -0.39 is 23.1 Å². The highest BCUT2D eigenvalue weighted by atomic mass is 127. The first kappa shape index (κ1) is 54.3. The lowest BCUT2D eigenvalue weighted by Gasteiger charge is -2.27. The standard InChI is InChI=1S/C20H19F3N2O4.C15H17ClN4.C14H17IN2O2/c1-13(14-8-6-9-16(11-14)20(21,22)23)24-29-12-15-7-4-5-10-17(15)18(25-28-3)19(26)27-2;1-2-3-8-15(9-17,10-20-12-18-11-19-20)13-4-6-14(16)7-5-13;1-3-7-17-13(18)11-9-10(15)5-6-12(11)16-14(17)19-8-4-2/h4-11H,12H2,1-3H3;4-7,11-12H,2-3,8,10H2,1H3;5-6,9H,3-4,7-8H2,1-2H3/b24-13+,25-18+;;. The molecule has 1 unspecified atom stereocenters. The second-order valence-electron chi connectivity index (χ2n) is 15.1. The van der Waals surface area contributed by atoms with Crippen molar-refractivity contribution in [3.05, 3.63) is 150 Å². The predicted molar refractivity (Wildman–Crippen MR) is 264 cm³/mol. The topological polar surface area (TPSA) is 168 Å². The summed E-state index contributed by atoms with van der Waals surface area (Å²) in [5.41, 5.74) is 1.79. The van der Waals surface area contributed by atoms with E-state index in [-0.39, 0.29) is 29.2 Å². The van der Waals surface area contributed by atoms with Crippen LogP contribution in [0.15, 0.2) is 119 Å². The highest BCUT2D eigenvalue weighted by Gasteiger charge is 2.33. The molecule has 6 aromatic rings. The van der Waals surface area contributed by atoms with Gasteiger partial charge < -0.3 is 19.1 Å². The zero-order chi connectivity index (χ0) is 49.7. The molecule has 0 amide bonds. The van der Waals surface area contributed by atoms with E-state index in [9.17, 15) is 28.0 Å². The SMILES string of the molecule is CCCCC(C#N)(Cn1cncn1)c1ccc(Cl)cc1.CCCOc1nc2ccc(I)cc2c(=O)n1CCC.CO/N=C(/C(=O)OC)c1ccccc1CO/N=C(\C)c1cccc(C(F)(F)F)c1. The monoisotopic (exact) mass is 1070 g/mol. The van der Waals surface area contributed by atoms with Gasteiger partial charge in [-0.1, -0.05) is 104 Å². The number of fused-ring (bicyclic) bond motifs is 1. The van der Waals surface area contributed by atoms with Gasteiger partial charge in [0.15, 0.2) is 5.71 Å². The van der Waals surface area contributed by atoms with Crippen molar-refractivity contribution < 1.29 is 37.1 Å². The summed E-state index contributed by atoms with van der Waals surface area (Å²) in [5, 5.41) is 22.8. The molecule has 14 nitrogen and oxygen atoms in total. The van der Waals surface area contributed by atoms with Gasteiger partial charge in [-0.15, -0.1) is 0 Å². The molecule has 360 valence electrons. The molecule has 6 rings (SSSR count). The van der Waals surface area contributed by atoms with Crippen LogP contribution in [0.1, 0.15) is 87.6 Å². The maximum Gasteiger partial charge on any atom is 0.416 e. The van der Waals surface area contributed by atoms with Crippen LogP contribution in [-0.4, -0.2) is 62.5 Å². The molecule has 4 aromatic carbocycles. The van der Waals surface area contributed by atoms with E-state index in [1.165, 1.54) is 39.6 Å². The van der Waals surface area contributed by atoms with Gasteiger partial charge in [0.2, 0.25) is 0 Å². The lowest BCUT2D eigenvalue weighted by Crippen LogP contribution is -2.30. The van der Waals surface area contributed by atoms with E-state index in [2.05, 4.69) is 61.0 Å². The normalized spacial score (nSPS) is 12.4. The van der Waals surface area contributed by atoms with Crippen molar-refractivity contribution >= 4 is 62.5 Å². The zero-order valence-electron chi connectivity index (χ0n) is 38.6. The Morgan fingerprint density at radius 3 is 2.31 bits per heavy atom. The second-order valence-corrected chi connectivity index (χ2v) is 16.7. The minimum Gasteiger partial charge on any atom is -0.465 e. The van der Waals surface area contributed by atoms with Crippen LogP contribution in [0, 0.1) is 14.9 Å². The Labute approximate surface area is 411 Å². The van der Waals surface area contributed by atoms with Crippen LogP contribution in [0.4, 0.5) is 13.2 Å². The Hall–Kier alpha value is -6.33. The van der Waals surface area contributed by atoms with Gasteiger partial charge in [-0.25, -0.2) is 9.78 Å². The van der Waals surface area contributed by atoms with E-state index >= 15 is 0 Å². The molecule has 0 fully saturated rings. The summed E-state index contributed by atoms with van der Waals surface area (Å²) in [6.07, 6.45) is 3.30. The summed E-state index contributed by atoms with van der Waals surface area (Å²) >= 11 is 8.14. The van der Waals surface area contributed by atoms with E-state index in [4.69, 9.17) is 30.7 Å². The van der Waals surface area contributed by atoms with Gasteiger partial charge >= 0.3 is 12.1 Å². The summed E-state index contributed by atoms with van der Waals surface area (Å²) in [4.78, 5) is 42.9. The maximum atomic E-state index is 12.9. The second kappa shape index (κ2) is 26.9. The van der Waals surface area contributed by atoms with Crippen LogP contribution < -0.4 is 10.3 Å². The van der Waals surface area contributed by atoms with Gasteiger partial charge in [-0.05, 0) is 102 Å². The Morgan fingerprint density at radius 2 is 1.68 bits per heavy atom. The molecule has 1 atom stereocenters. The first-order chi connectivity index (χ1) is 32.6. The third kappa shape index (κ3) is 15.4. The molecule has 0 N–H and O–H groups in total. The van der Waals surface area contributed by atoms with Crippen molar-refractivity contribution in [2.75, 3.05) is 20.8 Å². The molecule has 0 aliphatic heterocycles. The number of esters is 1. The molecular weight excluding hydrogens is 1020 g/mol. The number of nitriles is 1. The smallest absolute Gasteiger partial charge is 0.416 e. The average Bonchev–Trinajstić information content (AvgIpc) is 3.86. The van der Waals surface area contributed by atoms with Crippen molar-refractivity contribution in [2.45, 2.75) is 91.1 Å². The van der Waals surface area contributed by atoms with Gasteiger partial charge in [-0.2, -0.15) is 28.5 Å². The number of hydrogen-bond donors (Lipinski definition) is 0. The van der Waals surface area contributed by atoms with Gasteiger partial charge in [0.1, 0.15) is 31.8 Å². The van der Waals surface area contributed by atoms with Gasteiger partial charge in [0, 0.05) is 26.3 Å². The van der Waals surface area contributed by atoms with Crippen LogP contribution in [0.5, 0.6) is 6.01 Å². The highest BCUT2D eigenvalue weighted by Crippen LogP contribution is 2.33. The summed E-state index contributed by atoms with van der Waals surface area (Å²) in [6.45, 7) is 9.39. The molecule has 0 bridgehead atoms. The third-order valence-corrected chi connectivity index (χ3v) is 11.0. The first-order valence-corrected chi connectivity index (χ1v) is 23.0. The average molecular weight is 1070 g/mol. The van der Waals surface area contributed by atoms with Crippen molar-refractivity contribution in [2.24, 2.45) is 10.3 Å². The van der Waals surface area contributed by atoms with Gasteiger partial charge in [-0.3, -0.25) is 14.0 Å². The quantitative estimate of drug-likeness (QED) is 0.0350. The number of hydrogen-bond acceptors (Lipinski definition) is 12. The molecule has 68 heavy (non-hydrogen) atoms. The Bertz CT molecular complexity index is 2730. The number of rotatable bonds is 18. The van der Waals surface area contributed by atoms with Crippen LogP contribution in [-0.2, 0) is 50.5 Å². The fraction of sp³-hybridized carbons (Fsp3) is 0.347. The largest absolute Gasteiger partial charge is 0.465 e. The molecular formula is C49H53ClF3IN8O6. The van der Waals surface area contributed by atoms with E-state index in [1.54, 1.807) is 39.8 Å². The first-order valence-electron chi connectivity index (χ1n) is 21.6. The number of unbranched alkanes of at least 4 members (excludes halogenated alkanes) is 1. The number of aromatic nitrogens is 5. The third-order valence-electron chi connectivity index (χ3n) is 10.1. The molecule has 2 aromatic heterocycles. The van der Waals surface area contributed by atoms with E-state index in [0.717, 1.165) is 53.4 Å². The van der Waals surface area contributed by atoms with Crippen molar-refractivity contribution in [1.82, 2.24) is 24.3 Å². The molecule has 19 heteroatoms. The number of carbonyl (C=O) groups excluding carboxylic acids is 1. The predicted octanol–water partition coefficient (Wildman–Crippen LogP) is 11.0. The lowest BCUT2D eigenvalue weighted by molar-refractivity contribution is -0.137. The molecule has 0 aliphatic carbocycles. The van der Waals surface area contributed by atoms with E-state index in [0.29, 0.717) is 52.8 Å². The van der Waals surface area contributed by atoms with Crippen molar-refractivity contribution in [1.29, 1.82) is 5.26 Å². The molecule has 0 saturated heterocycles. The minimum atomic E-state index is -4.44.